The third kappa shape index (κ3) is 3.56. The van der Waals surface area contributed by atoms with E-state index in [4.69, 9.17) is 5.84 Å². The Bertz CT molecular complexity index is 516. The fourth-order valence-electron chi connectivity index (χ4n) is 2.51. The molecular formula is C12H20N6O3. The predicted molar refractivity (Wildman–Crippen MR) is 77.6 cm³/mol. The Hall–Kier alpha value is -2.00. The molecular weight excluding hydrogens is 276 g/mol. The van der Waals surface area contributed by atoms with Gasteiger partial charge in [0, 0.05) is 6.54 Å². The van der Waals surface area contributed by atoms with E-state index in [0.29, 0.717) is 18.8 Å². The average molecular weight is 296 g/mol. The van der Waals surface area contributed by atoms with Crippen molar-refractivity contribution in [2.45, 2.75) is 38.2 Å². The summed E-state index contributed by atoms with van der Waals surface area (Å²) >= 11 is 0. The molecule has 1 aromatic heterocycles. The van der Waals surface area contributed by atoms with Crippen molar-refractivity contribution >= 4 is 17.3 Å². The third-order valence-corrected chi connectivity index (χ3v) is 3.93. The van der Waals surface area contributed by atoms with E-state index in [-0.39, 0.29) is 23.9 Å². The highest BCUT2D eigenvalue weighted by atomic mass is 16.6. The molecule has 5 N–H and O–H groups in total. The molecule has 0 amide bonds. The van der Waals surface area contributed by atoms with Crippen LogP contribution in [0.15, 0.2) is 6.33 Å². The Labute approximate surface area is 122 Å². The maximum Gasteiger partial charge on any atom is 0.354 e. The largest absolute Gasteiger partial charge is 0.388 e. The van der Waals surface area contributed by atoms with Crippen molar-refractivity contribution in [3.63, 3.8) is 0 Å². The minimum Gasteiger partial charge on any atom is -0.388 e. The Balaban J connectivity index is 2.11. The highest BCUT2D eigenvalue weighted by Gasteiger charge is 2.33. The molecule has 1 aliphatic rings. The summed E-state index contributed by atoms with van der Waals surface area (Å²) in [5, 5.41) is 24.4. The maximum atomic E-state index is 11.1. The number of rotatable bonds is 5. The van der Waals surface area contributed by atoms with E-state index in [1.807, 2.05) is 0 Å². The molecule has 0 saturated heterocycles. The summed E-state index contributed by atoms with van der Waals surface area (Å²) in [7, 11) is 0. The molecule has 116 valence electrons. The van der Waals surface area contributed by atoms with Gasteiger partial charge in [0.25, 0.3) is 0 Å². The van der Waals surface area contributed by atoms with Crippen molar-refractivity contribution in [1.29, 1.82) is 0 Å². The fourth-order valence-corrected chi connectivity index (χ4v) is 2.51. The summed E-state index contributed by atoms with van der Waals surface area (Å²) in [6, 6.07) is 0. The van der Waals surface area contributed by atoms with E-state index in [2.05, 4.69) is 27.6 Å². The van der Waals surface area contributed by atoms with Crippen LogP contribution in [0.2, 0.25) is 0 Å². The number of hydrazine groups is 1. The number of aromatic nitrogens is 2. The minimum atomic E-state index is -0.859. The maximum absolute atomic E-state index is 11.1. The van der Waals surface area contributed by atoms with E-state index in [0.717, 1.165) is 12.8 Å². The van der Waals surface area contributed by atoms with Crippen LogP contribution in [0.5, 0.6) is 0 Å². The topological polar surface area (TPSA) is 139 Å². The lowest BCUT2D eigenvalue weighted by Gasteiger charge is -2.35. The zero-order valence-corrected chi connectivity index (χ0v) is 11.9. The summed E-state index contributed by atoms with van der Waals surface area (Å²) in [5.41, 5.74) is 0.990. The molecule has 0 spiro atoms. The van der Waals surface area contributed by atoms with Gasteiger partial charge in [0.2, 0.25) is 11.6 Å². The number of nitrogens with one attached hydrogen (secondary N) is 2. The first-order valence-electron chi connectivity index (χ1n) is 6.87. The molecule has 9 nitrogen and oxygen atoms in total. The number of hydrogen-bond acceptors (Lipinski definition) is 8. The monoisotopic (exact) mass is 296 g/mol. The van der Waals surface area contributed by atoms with Crippen molar-refractivity contribution in [3.05, 3.63) is 16.4 Å². The van der Waals surface area contributed by atoms with Crippen LogP contribution in [0, 0.1) is 16.0 Å². The number of nitrogens with zero attached hydrogens (tertiary/aromatic N) is 3. The molecule has 1 saturated carbocycles. The number of nitrogen functional groups attached to an aromatic ring is 1. The first-order valence-corrected chi connectivity index (χ1v) is 6.87. The van der Waals surface area contributed by atoms with Gasteiger partial charge in [-0.05, 0) is 31.6 Å². The Kier molecular flexibility index (Phi) is 4.53. The first-order chi connectivity index (χ1) is 9.95. The van der Waals surface area contributed by atoms with E-state index in [9.17, 15) is 15.2 Å². The van der Waals surface area contributed by atoms with Crippen LogP contribution < -0.4 is 16.6 Å². The van der Waals surface area contributed by atoms with Crippen LogP contribution in [0.4, 0.5) is 17.3 Å². The van der Waals surface area contributed by atoms with Gasteiger partial charge in [-0.2, -0.15) is 0 Å². The number of aliphatic hydroxyl groups is 1. The van der Waals surface area contributed by atoms with E-state index >= 15 is 0 Å². The second-order valence-corrected chi connectivity index (χ2v) is 5.58. The van der Waals surface area contributed by atoms with Gasteiger partial charge >= 0.3 is 5.69 Å². The molecule has 1 aromatic rings. The molecule has 21 heavy (non-hydrogen) atoms. The van der Waals surface area contributed by atoms with Crippen LogP contribution in [-0.4, -0.2) is 32.1 Å². The molecule has 1 aliphatic carbocycles. The summed E-state index contributed by atoms with van der Waals surface area (Å²) in [4.78, 5) is 18.1. The lowest BCUT2D eigenvalue weighted by Crippen LogP contribution is -2.40. The molecule has 0 radical (unpaired) electrons. The summed E-state index contributed by atoms with van der Waals surface area (Å²) in [5.74, 6) is 5.80. The van der Waals surface area contributed by atoms with Crippen molar-refractivity contribution in [3.8, 4) is 0 Å². The van der Waals surface area contributed by atoms with E-state index < -0.39 is 10.5 Å². The SMILES string of the molecule is CC1CCC(O)(CNc2ncnc(NN)c2[N+](=O)[O-])CC1. The van der Waals surface area contributed by atoms with Crippen molar-refractivity contribution in [1.82, 2.24) is 9.97 Å². The zero-order valence-electron chi connectivity index (χ0n) is 11.9. The smallest absolute Gasteiger partial charge is 0.354 e. The molecule has 1 heterocycles. The predicted octanol–water partition coefficient (Wildman–Crippen LogP) is 1.02. The first kappa shape index (κ1) is 15.4. The standard InChI is InChI=1S/C12H20N6O3/c1-8-2-4-12(19,5-3-8)6-14-10-9(18(20)21)11(17-13)16-7-15-10/h7-8,19H,2-6,13H2,1H3,(H2,14,15,16,17). The highest BCUT2D eigenvalue weighted by Crippen LogP contribution is 2.33. The molecule has 0 atom stereocenters. The van der Waals surface area contributed by atoms with Crippen molar-refractivity contribution in [2.24, 2.45) is 11.8 Å². The zero-order chi connectivity index (χ0) is 15.5. The van der Waals surface area contributed by atoms with Crippen LogP contribution in [0.3, 0.4) is 0 Å². The molecule has 0 unspecified atom stereocenters. The quantitative estimate of drug-likeness (QED) is 0.359. The molecule has 2 rings (SSSR count). The second kappa shape index (κ2) is 6.19. The second-order valence-electron chi connectivity index (χ2n) is 5.58. The van der Waals surface area contributed by atoms with Gasteiger partial charge in [-0.25, -0.2) is 15.8 Å². The molecule has 0 bridgehead atoms. The van der Waals surface area contributed by atoms with Crippen LogP contribution >= 0.6 is 0 Å². The molecule has 1 fully saturated rings. The Morgan fingerprint density at radius 2 is 2.10 bits per heavy atom. The van der Waals surface area contributed by atoms with Gasteiger partial charge in [0.1, 0.15) is 6.33 Å². The van der Waals surface area contributed by atoms with Crippen LogP contribution in [-0.2, 0) is 0 Å². The van der Waals surface area contributed by atoms with Crippen LogP contribution in [0.1, 0.15) is 32.6 Å². The average Bonchev–Trinajstić information content (AvgIpc) is 2.48. The number of nitro groups is 1. The lowest BCUT2D eigenvalue weighted by atomic mass is 9.79. The van der Waals surface area contributed by atoms with E-state index in [1.165, 1.54) is 6.33 Å². The Morgan fingerprint density at radius 3 is 2.67 bits per heavy atom. The van der Waals surface area contributed by atoms with Crippen LogP contribution in [0.25, 0.3) is 0 Å². The Morgan fingerprint density at radius 1 is 1.48 bits per heavy atom. The highest BCUT2D eigenvalue weighted by molar-refractivity contribution is 5.68. The van der Waals surface area contributed by atoms with Gasteiger partial charge in [0.05, 0.1) is 10.5 Å². The summed E-state index contributed by atoms with van der Waals surface area (Å²) < 4.78 is 0. The number of anilines is 2. The van der Waals surface area contributed by atoms with Crippen molar-refractivity contribution in [2.75, 3.05) is 17.3 Å². The van der Waals surface area contributed by atoms with Crippen molar-refractivity contribution < 1.29 is 10.0 Å². The molecule has 0 aromatic carbocycles. The van der Waals surface area contributed by atoms with E-state index in [1.54, 1.807) is 0 Å². The third-order valence-electron chi connectivity index (χ3n) is 3.93. The molecule has 0 aliphatic heterocycles. The fraction of sp³-hybridized carbons (Fsp3) is 0.667. The number of nitrogens with two attached hydrogens (primary N) is 1. The minimum absolute atomic E-state index is 0.0509. The summed E-state index contributed by atoms with van der Waals surface area (Å²) in [6.45, 7) is 2.36. The lowest BCUT2D eigenvalue weighted by molar-refractivity contribution is -0.383. The van der Waals surface area contributed by atoms with Gasteiger partial charge in [-0.1, -0.05) is 6.92 Å². The van der Waals surface area contributed by atoms with Gasteiger partial charge in [-0.15, -0.1) is 0 Å². The normalized spacial score (nSPS) is 25.4. The summed E-state index contributed by atoms with van der Waals surface area (Å²) in [6.07, 6.45) is 4.40. The van der Waals surface area contributed by atoms with Gasteiger partial charge < -0.3 is 15.8 Å². The van der Waals surface area contributed by atoms with Gasteiger partial charge in [-0.3, -0.25) is 10.1 Å². The number of hydrogen-bond donors (Lipinski definition) is 4. The van der Waals surface area contributed by atoms with Gasteiger partial charge in [0.15, 0.2) is 0 Å². The molecule has 9 heteroatoms.